The van der Waals surface area contributed by atoms with Crippen LogP contribution in [0, 0.1) is 0 Å². The van der Waals surface area contributed by atoms with Crippen molar-refractivity contribution < 1.29 is 189 Å². The molecule has 0 aliphatic carbocycles. The molecule has 0 aromatic heterocycles. The molecular formula is K3O8S2+. The van der Waals surface area contributed by atoms with Gasteiger partial charge in [-0.15, -0.1) is 8.67 Å². The average molecular weight is 309 g/mol. The third-order valence-electron chi connectivity index (χ3n) is 0.194. The van der Waals surface area contributed by atoms with E-state index in [0.29, 0.717) is 0 Å². The Bertz CT molecular complexity index is 253. The molecule has 0 amide bonds. The standard InChI is InChI=1S/3K.H2O8S2/c;;;1-9(2,3)7-8-10(4,5)6/h;;;(H,1,2,3)(H,4,5,6)/q3*+1;/p-2. The van der Waals surface area contributed by atoms with Crippen molar-refractivity contribution in [1.82, 2.24) is 0 Å². The maximum atomic E-state index is 9.37. The summed E-state index contributed by atoms with van der Waals surface area (Å²) < 4.78 is 61.5. The van der Waals surface area contributed by atoms with Crippen LogP contribution in [0.1, 0.15) is 0 Å². The maximum absolute atomic E-state index is 9.37. The Morgan fingerprint density at radius 2 is 0.846 bits per heavy atom. The van der Waals surface area contributed by atoms with Crippen LogP contribution in [0.2, 0.25) is 0 Å². The quantitative estimate of drug-likeness (QED) is 0.165. The Balaban J connectivity index is -0.000000135. The minimum atomic E-state index is -5.31. The van der Waals surface area contributed by atoms with Gasteiger partial charge in [0.25, 0.3) is 0 Å². The maximum Gasteiger partial charge on any atom is 1.00 e. The molecule has 62 valence electrons. The van der Waals surface area contributed by atoms with Crippen molar-refractivity contribution in [3.63, 3.8) is 0 Å². The molecule has 0 aromatic carbocycles. The van der Waals surface area contributed by atoms with Gasteiger partial charge in [0.2, 0.25) is 20.8 Å². The first-order chi connectivity index (χ1) is 4.21. The van der Waals surface area contributed by atoms with Crippen LogP contribution in [0.25, 0.3) is 0 Å². The Morgan fingerprint density at radius 1 is 0.692 bits per heavy atom. The molecule has 0 saturated heterocycles. The molecule has 0 heterocycles. The molecule has 0 unspecified atom stereocenters. The molecule has 0 rings (SSSR count). The van der Waals surface area contributed by atoms with E-state index in [0.717, 1.165) is 0 Å². The van der Waals surface area contributed by atoms with E-state index in [4.69, 9.17) is 0 Å². The van der Waals surface area contributed by atoms with Gasteiger partial charge in [0, 0.05) is 0 Å². The molecule has 0 aliphatic heterocycles. The minimum absolute atomic E-state index is 0. The molecule has 0 fully saturated rings. The van der Waals surface area contributed by atoms with Crippen molar-refractivity contribution in [3.8, 4) is 0 Å². The molecular weight excluding hydrogens is 309 g/mol. The zero-order chi connectivity index (χ0) is 8.41. The molecule has 13 heavy (non-hydrogen) atoms. The molecule has 0 atom stereocenters. The van der Waals surface area contributed by atoms with Crippen LogP contribution in [0.5, 0.6) is 0 Å². The van der Waals surface area contributed by atoms with Crippen molar-refractivity contribution in [2.75, 3.05) is 0 Å². The number of hydrogen-bond acceptors (Lipinski definition) is 8. The summed E-state index contributed by atoms with van der Waals surface area (Å²) in [5, 5.41) is 0. The third kappa shape index (κ3) is 26.3. The SMILES string of the molecule is O=S(=O)([O-])OOS(=O)(=O)[O-].[K+].[K+].[K+]. The van der Waals surface area contributed by atoms with Crippen LogP contribution in [0.15, 0.2) is 0 Å². The van der Waals surface area contributed by atoms with E-state index in [1.54, 1.807) is 0 Å². The van der Waals surface area contributed by atoms with Gasteiger partial charge in [-0.2, -0.15) is 0 Å². The molecule has 13 heteroatoms. The van der Waals surface area contributed by atoms with Gasteiger partial charge in [-0.25, -0.2) is 16.8 Å². The van der Waals surface area contributed by atoms with Crippen LogP contribution >= 0.6 is 0 Å². The van der Waals surface area contributed by atoms with Crippen LogP contribution < -0.4 is 154 Å². The zero-order valence-electron chi connectivity index (χ0n) is 7.08. The van der Waals surface area contributed by atoms with Crippen molar-refractivity contribution in [2.45, 2.75) is 0 Å². The van der Waals surface area contributed by atoms with Gasteiger partial charge >= 0.3 is 154 Å². The van der Waals surface area contributed by atoms with E-state index < -0.39 is 20.8 Å². The van der Waals surface area contributed by atoms with Gasteiger partial charge in [0.05, 0.1) is 0 Å². The molecule has 8 nitrogen and oxygen atoms in total. The second-order valence-electron chi connectivity index (χ2n) is 0.953. The van der Waals surface area contributed by atoms with E-state index in [1.165, 1.54) is 0 Å². The van der Waals surface area contributed by atoms with Gasteiger partial charge in [0.15, 0.2) is 0 Å². The summed E-state index contributed by atoms with van der Waals surface area (Å²) in [6.45, 7) is 0. The Hall–Kier alpha value is 4.65. The van der Waals surface area contributed by atoms with Crippen LogP contribution in [-0.2, 0) is 29.5 Å². The zero-order valence-corrected chi connectivity index (χ0v) is 18.1. The van der Waals surface area contributed by atoms with Gasteiger partial charge in [-0.1, -0.05) is 0 Å². The first kappa shape index (κ1) is 26.3. The fraction of sp³-hybridized carbons (Fsp3) is 0. The van der Waals surface area contributed by atoms with Crippen molar-refractivity contribution in [3.05, 3.63) is 0 Å². The van der Waals surface area contributed by atoms with Gasteiger partial charge < -0.3 is 9.11 Å². The largest absolute Gasteiger partial charge is 1.00 e. The van der Waals surface area contributed by atoms with Crippen molar-refractivity contribution >= 4 is 20.8 Å². The monoisotopic (exact) mass is 309 g/mol. The van der Waals surface area contributed by atoms with E-state index in [9.17, 15) is 25.9 Å². The Morgan fingerprint density at radius 3 is 0.923 bits per heavy atom. The predicted molar refractivity (Wildman–Crippen MR) is 21.6 cm³/mol. The molecule has 0 saturated carbocycles. The number of rotatable bonds is 3. The van der Waals surface area contributed by atoms with Gasteiger partial charge in [0.1, 0.15) is 0 Å². The molecule has 0 radical (unpaired) electrons. The summed E-state index contributed by atoms with van der Waals surface area (Å²) in [6, 6.07) is 0. The normalized spacial score (nSPS) is 10.3. The summed E-state index contributed by atoms with van der Waals surface area (Å²) in [5.41, 5.74) is 0. The minimum Gasteiger partial charge on any atom is -0.724 e. The predicted octanol–water partition coefficient (Wildman–Crippen LogP) is -11.1. The molecule has 0 aromatic rings. The Kier molecular flexibility index (Phi) is 23.7. The van der Waals surface area contributed by atoms with Gasteiger partial charge in [-0.3, -0.25) is 0 Å². The van der Waals surface area contributed by atoms with E-state index in [2.05, 4.69) is 8.67 Å². The van der Waals surface area contributed by atoms with Gasteiger partial charge in [-0.05, 0) is 0 Å². The fourth-order valence-corrected chi connectivity index (χ4v) is 0.612. The van der Waals surface area contributed by atoms with Crippen molar-refractivity contribution in [1.29, 1.82) is 0 Å². The van der Waals surface area contributed by atoms with E-state index in [1.807, 2.05) is 0 Å². The van der Waals surface area contributed by atoms with Crippen LogP contribution in [-0.4, -0.2) is 25.9 Å². The van der Waals surface area contributed by atoms with Crippen LogP contribution in [0.4, 0.5) is 0 Å². The first-order valence-electron chi connectivity index (χ1n) is 1.50. The van der Waals surface area contributed by atoms with Crippen LogP contribution in [0.3, 0.4) is 0 Å². The molecule has 0 N–H and O–H groups in total. The molecule has 0 bridgehead atoms. The van der Waals surface area contributed by atoms with Crippen molar-refractivity contribution in [2.24, 2.45) is 0 Å². The summed E-state index contributed by atoms with van der Waals surface area (Å²) >= 11 is 0. The Labute approximate surface area is 203 Å². The topological polar surface area (TPSA) is 133 Å². The fourth-order valence-electron chi connectivity index (χ4n) is 0.0680. The second-order valence-corrected chi connectivity index (χ2v) is 2.86. The summed E-state index contributed by atoms with van der Waals surface area (Å²) in [7, 11) is -10.6. The molecule has 0 spiro atoms. The summed E-state index contributed by atoms with van der Waals surface area (Å²) in [4.78, 5) is 0. The average Bonchev–Trinajstić information content (AvgIpc) is 1.57. The number of hydrogen-bond donors (Lipinski definition) is 0. The van der Waals surface area contributed by atoms with E-state index in [-0.39, 0.29) is 154 Å². The van der Waals surface area contributed by atoms with E-state index >= 15 is 0 Å². The molecule has 0 aliphatic rings. The summed E-state index contributed by atoms with van der Waals surface area (Å²) in [5.74, 6) is 0. The third-order valence-corrected chi connectivity index (χ3v) is 0.750. The first-order valence-corrected chi connectivity index (χ1v) is 4.17. The summed E-state index contributed by atoms with van der Waals surface area (Å²) in [6.07, 6.45) is 0. The second kappa shape index (κ2) is 11.7. The smallest absolute Gasteiger partial charge is 0.724 e.